The summed E-state index contributed by atoms with van der Waals surface area (Å²) in [4.78, 5) is 12.3. The van der Waals surface area contributed by atoms with Gasteiger partial charge in [-0.25, -0.2) is 0 Å². The summed E-state index contributed by atoms with van der Waals surface area (Å²) in [7, 11) is -0.338. The van der Waals surface area contributed by atoms with Gasteiger partial charge < -0.3 is 19.0 Å². The number of methoxy groups -OCH3 is 1. The minimum Gasteiger partial charge on any atom is -0.506 e. The van der Waals surface area contributed by atoms with Crippen LogP contribution in [0.5, 0.6) is 17.2 Å². The Kier molecular flexibility index (Phi) is 4.08. The van der Waals surface area contributed by atoms with E-state index < -0.39 is 14.1 Å². The highest BCUT2D eigenvalue weighted by Crippen LogP contribution is 2.50. The minimum absolute atomic E-state index is 0.0560. The van der Waals surface area contributed by atoms with E-state index >= 15 is 0 Å². The Balaban J connectivity index is 2.29. The van der Waals surface area contributed by atoms with Crippen molar-refractivity contribution in [3.63, 3.8) is 0 Å². The van der Waals surface area contributed by atoms with E-state index in [1.165, 1.54) is 14.0 Å². The Bertz CT molecular complexity index is 868. The van der Waals surface area contributed by atoms with Crippen LogP contribution in [-0.4, -0.2) is 32.1 Å². The number of phenols is 1. The lowest BCUT2D eigenvalue weighted by Gasteiger charge is -2.32. The third-order valence-electron chi connectivity index (χ3n) is 4.23. The molecule has 0 saturated heterocycles. The van der Waals surface area contributed by atoms with E-state index in [1.807, 2.05) is 19.1 Å². The van der Waals surface area contributed by atoms with E-state index in [2.05, 4.69) is 19.6 Å². The zero-order chi connectivity index (χ0) is 18.6. The molecule has 1 heterocycles. The summed E-state index contributed by atoms with van der Waals surface area (Å²) >= 11 is 0. The summed E-state index contributed by atoms with van der Waals surface area (Å²) in [6.07, 6.45) is 0.419. The summed E-state index contributed by atoms with van der Waals surface area (Å²) in [5, 5.41) is 12.0. The highest BCUT2D eigenvalue weighted by Gasteiger charge is 2.43. The lowest BCUT2D eigenvalue weighted by Crippen LogP contribution is -2.43. The number of aromatic hydroxyl groups is 1. The number of hydrogen-bond acceptors (Lipinski definition) is 5. The fourth-order valence-corrected chi connectivity index (χ4v) is 5.03. The van der Waals surface area contributed by atoms with Gasteiger partial charge in [0.1, 0.15) is 17.2 Å². The van der Waals surface area contributed by atoms with E-state index in [9.17, 15) is 9.90 Å². The van der Waals surface area contributed by atoms with E-state index in [-0.39, 0.29) is 17.1 Å². The van der Waals surface area contributed by atoms with Crippen molar-refractivity contribution in [2.45, 2.75) is 45.7 Å². The molecule has 5 nitrogen and oxygen atoms in total. The molecule has 2 aromatic rings. The Morgan fingerprint density at radius 1 is 1.32 bits per heavy atom. The second-order valence-corrected chi connectivity index (χ2v) is 12.0. The number of rotatable bonds is 4. The van der Waals surface area contributed by atoms with Crippen LogP contribution in [0.1, 0.15) is 29.8 Å². The second kappa shape index (κ2) is 5.74. The number of carbonyl (C=O) groups is 1. The van der Waals surface area contributed by atoms with E-state index in [0.717, 1.165) is 5.39 Å². The maximum atomic E-state index is 12.3. The van der Waals surface area contributed by atoms with Crippen molar-refractivity contribution < 1.29 is 23.8 Å². The first-order valence-electron chi connectivity index (χ1n) is 8.31. The van der Waals surface area contributed by atoms with Gasteiger partial charge in [0.2, 0.25) is 5.79 Å². The van der Waals surface area contributed by atoms with E-state index in [0.29, 0.717) is 28.9 Å². The van der Waals surface area contributed by atoms with Crippen molar-refractivity contribution in [1.29, 1.82) is 0 Å². The molecule has 134 valence electrons. The monoisotopic (exact) mass is 360 g/mol. The predicted molar refractivity (Wildman–Crippen MR) is 99.3 cm³/mol. The molecule has 0 aliphatic carbocycles. The maximum absolute atomic E-state index is 12.3. The zero-order valence-corrected chi connectivity index (χ0v) is 16.5. The van der Waals surface area contributed by atoms with Gasteiger partial charge in [0.05, 0.1) is 18.1 Å². The summed E-state index contributed by atoms with van der Waals surface area (Å²) < 4.78 is 17.8. The fourth-order valence-electron chi connectivity index (χ4n) is 3.62. The van der Waals surface area contributed by atoms with Crippen molar-refractivity contribution in [3.05, 3.63) is 29.3 Å². The largest absolute Gasteiger partial charge is 0.506 e. The standard InChI is InChI=1S/C19H24O5Si/c1-11(20)15-13-10-19(2,24-25(4,5)6)23-18(13)12-8-7-9-14(22-3)16(12)17(15)21/h7-9,21H,10H2,1-6H3. The molecule has 1 unspecified atom stereocenters. The molecule has 0 bridgehead atoms. The third kappa shape index (κ3) is 3.00. The Morgan fingerprint density at radius 3 is 2.56 bits per heavy atom. The number of ketones is 1. The number of ether oxygens (including phenoxy) is 2. The van der Waals surface area contributed by atoms with Crippen LogP contribution in [0.4, 0.5) is 0 Å². The van der Waals surface area contributed by atoms with E-state index in [1.54, 1.807) is 6.07 Å². The minimum atomic E-state index is -1.87. The van der Waals surface area contributed by atoms with Gasteiger partial charge in [-0.05, 0) is 32.6 Å². The summed E-state index contributed by atoms with van der Waals surface area (Å²) in [6, 6.07) is 5.46. The van der Waals surface area contributed by atoms with Gasteiger partial charge in [-0.15, -0.1) is 0 Å². The van der Waals surface area contributed by atoms with Gasteiger partial charge in [0.25, 0.3) is 0 Å². The predicted octanol–water partition coefficient (Wildman–Crippen LogP) is 4.26. The average Bonchev–Trinajstić information content (AvgIpc) is 2.80. The summed E-state index contributed by atoms with van der Waals surface area (Å²) in [5.41, 5.74) is 0.987. The number of hydrogen-bond donors (Lipinski definition) is 1. The fraction of sp³-hybridized carbons (Fsp3) is 0.421. The number of phenolic OH excluding ortho intramolecular Hbond substituents is 1. The topological polar surface area (TPSA) is 65.0 Å². The first-order chi connectivity index (χ1) is 11.6. The highest BCUT2D eigenvalue weighted by atomic mass is 28.4. The van der Waals surface area contributed by atoms with Crippen LogP contribution < -0.4 is 9.47 Å². The molecule has 0 spiro atoms. The number of carbonyl (C=O) groups excluding carboxylic acids is 1. The van der Waals surface area contributed by atoms with Crippen LogP contribution >= 0.6 is 0 Å². The molecule has 0 saturated carbocycles. The average molecular weight is 360 g/mol. The molecule has 1 aliphatic rings. The number of Topliss-reactive ketones (excluding diaryl/α,β-unsaturated/α-hetero) is 1. The van der Waals surface area contributed by atoms with E-state index in [4.69, 9.17) is 13.9 Å². The molecular formula is C19H24O5Si. The van der Waals surface area contributed by atoms with Gasteiger partial charge in [0.15, 0.2) is 14.1 Å². The SMILES string of the molecule is COc1cccc2c3c(c(C(C)=O)c(O)c12)CC(C)(O[Si](C)(C)C)O3. The highest BCUT2D eigenvalue weighted by molar-refractivity contribution is 6.69. The van der Waals surface area contributed by atoms with Gasteiger partial charge in [-0.3, -0.25) is 4.79 Å². The molecule has 1 N–H and O–H groups in total. The molecule has 6 heteroatoms. The second-order valence-electron chi connectivity index (χ2n) is 7.60. The van der Waals surface area contributed by atoms with Gasteiger partial charge in [0, 0.05) is 24.3 Å². The van der Waals surface area contributed by atoms with Crippen LogP contribution in [0.25, 0.3) is 10.8 Å². The molecule has 0 fully saturated rings. The van der Waals surface area contributed by atoms with Crippen molar-refractivity contribution in [1.82, 2.24) is 0 Å². The van der Waals surface area contributed by atoms with Crippen molar-refractivity contribution in [2.75, 3.05) is 7.11 Å². The number of benzene rings is 2. The van der Waals surface area contributed by atoms with Gasteiger partial charge >= 0.3 is 0 Å². The molecule has 1 aliphatic heterocycles. The lowest BCUT2D eigenvalue weighted by atomic mass is 9.93. The van der Waals surface area contributed by atoms with Crippen LogP contribution in [0.2, 0.25) is 19.6 Å². The summed E-state index contributed by atoms with van der Waals surface area (Å²) in [5.74, 6) is -0.0101. The Labute approximate surface area is 148 Å². The molecule has 3 rings (SSSR count). The van der Waals surface area contributed by atoms with Crippen LogP contribution in [0, 0.1) is 0 Å². The van der Waals surface area contributed by atoms with Crippen molar-refractivity contribution >= 4 is 24.9 Å². The van der Waals surface area contributed by atoms with Gasteiger partial charge in [-0.2, -0.15) is 0 Å². The molecule has 1 atom stereocenters. The number of fused-ring (bicyclic) bond motifs is 3. The molecule has 0 radical (unpaired) electrons. The Morgan fingerprint density at radius 2 is 2.00 bits per heavy atom. The molecule has 2 aromatic carbocycles. The molecular weight excluding hydrogens is 336 g/mol. The van der Waals surface area contributed by atoms with Crippen LogP contribution in [0.3, 0.4) is 0 Å². The van der Waals surface area contributed by atoms with Gasteiger partial charge in [-0.1, -0.05) is 12.1 Å². The smallest absolute Gasteiger partial charge is 0.203 e. The summed E-state index contributed by atoms with van der Waals surface area (Å²) in [6.45, 7) is 9.61. The zero-order valence-electron chi connectivity index (χ0n) is 15.5. The Hall–Kier alpha value is -2.05. The first-order valence-corrected chi connectivity index (χ1v) is 11.7. The molecule has 25 heavy (non-hydrogen) atoms. The quantitative estimate of drug-likeness (QED) is 0.652. The molecule has 0 aromatic heterocycles. The molecule has 0 amide bonds. The van der Waals surface area contributed by atoms with Crippen LogP contribution in [-0.2, 0) is 10.8 Å². The van der Waals surface area contributed by atoms with Crippen LogP contribution in [0.15, 0.2) is 18.2 Å². The third-order valence-corrected chi connectivity index (χ3v) is 5.27. The normalized spacial score (nSPS) is 19.6. The van der Waals surface area contributed by atoms with Crippen molar-refractivity contribution in [2.24, 2.45) is 0 Å². The maximum Gasteiger partial charge on any atom is 0.203 e. The first kappa shape index (κ1) is 17.8. The van der Waals surface area contributed by atoms with Crippen molar-refractivity contribution in [3.8, 4) is 17.2 Å². The lowest BCUT2D eigenvalue weighted by molar-refractivity contribution is -0.0861.